The molecule has 96 valence electrons. The Labute approximate surface area is 96.6 Å². The number of nitrogens with two attached hydrogens (primary N) is 1. The van der Waals surface area contributed by atoms with E-state index in [9.17, 15) is 4.79 Å². The average Bonchev–Trinajstić information content (AvgIpc) is 2.30. The van der Waals surface area contributed by atoms with Crippen LogP contribution in [0.25, 0.3) is 0 Å². The molecule has 16 heavy (non-hydrogen) atoms. The summed E-state index contributed by atoms with van der Waals surface area (Å²) in [7, 11) is 0. The van der Waals surface area contributed by atoms with E-state index in [4.69, 9.17) is 20.7 Å². The van der Waals surface area contributed by atoms with Crippen LogP contribution in [0.1, 0.15) is 38.5 Å². The van der Waals surface area contributed by atoms with Crippen molar-refractivity contribution in [3.05, 3.63) is 0 Å². The van der Waals surface area contributed by atoms with Gasteiger partial charge in [0, 0.05) is 19.6 Å². The van der Waals surface area contributed by atoms with E-state index < -0.39 is 0 Å². The molecule has 0 saturated heterocycles. The van der Waals surface area contributed by atoms with Crippen LogP contribution in [0.5, 0.6) is 0 Å². The highest BCUT2D eigenvalue weighted by Gasteiger charge is 2.13. The first kappa shape index (κ1) is 15.3. The smallest absolute Gasteiger partial charge is 0.306 e. The van der Waals surface area contributed by atoms with Gasteiger partial charge in [-0.2, -0.15) is 0 Å². The summed E-state index contributed by atoms with van der Waals surface area (Å²) >= 11 is 0. The quantitative estimate of drug-likeness (QED) is 0.468. The Bertz CT molecular complexity index is 167. The zero-order valence-electron chi connectivity index (χ0n) is 9.73. The maximum atomic E-state index is 11.3. The SMILES string of the molecule is NCCCC(=O)OC(CCCO)CCCO. The summed E-state index contributed by atoms with van der Waals surface area (Å²) in [4.78, 5) is 11.3. The molecule has 0 spiro atoms. The van der Waals surface area contributed by atoms with Gasteiger partial charge in [0.25, 0.3) is 0 Å². The first-order chi connectivity index (χ1) is 7.74. The molecule has 4 N–H and O–H groups in total. The fourth-order valence-corrected chi connectivity index (χ4v) is 1.39. The van der Waals surface area contributed by atoms with E-state index in [2.05, 4.69) is 0 Å². The number of carbonyl (C=O) groups excluding carboxylic acids is 1. The molecule has 0 aliphatic heterocycles. The lowest BCUT2D eigenvalue weighted by molar-refractivity contribution is -0.150. The molecule has 0 aromatic carbocycles. The van der Waals surface area contributed by atoms with Gasteiger partial charge in [-0.15, -0.1) is 0 Å². The summed E-state index contributed by atoms with van der Waals surface area (Å²) < 4.78 is 5.24. The second-order valence-corrected chi connectivity index (χ2v) is 3.74. The molecule has 0 bridgehead atoms. The molecule has 0 aromatic heterocycles. The number of ether oxygens (including phenoxy) is 1. The predicted molar refractivity (Wildman–Crippen MR) is 60.8 cm³/mol. The molecule has 0 radical (unpaired) electrons. The number of hydrogen-bond donors (Lipinski definition) is 3. The van der Waals surface area contributed by atoms with E-state index in [0.717, 1.165) is 0 Å². The van der Waals surface area contributed by atoms with E-state index in [1.165, 1.54) is 0 Å². The van der Waals surface area contributed by atoms with Gasteiger partial charge in [0.2, 0.25) is 0 Å². The van der Waals surface area contributed by atoms with Crippen LogP contribution in [0.4, 0.5) is 0 Å². The number of aliphatic hydroxyl groups excluding tert-OH is 2. The molecular formula is C11H23NO4. The first-order valence-electron chi connectivity index (χ1n) is 5.85. The molecule has 0 aliphatic carbocycles. The molecule has 0 aliphatic rings. The van der Waals surface area contributed by atoms with E-state index in [-0.39, 0.29) is 25.3 Å². The summed E-state index contributed by atoms with van der Waals surface area (Å²) in [5.74, 6) is -0.244. The van der Waals surface area contributed by atoms with E-state index in [1.54, 1.807) is 0 Å². The topological polar surface area (TPSA) is 92.8 Å². The van der Waals surface area contributed by atoms with Crippen molar-refractivity contribution < 1.29 is 19.7 Å². The number of rotatable bonds is 10. The average molecular weight is 233 g/mol. The molecule has 0 heterocycles. The third kappa shape index (κ3) is 8.64. The van der Waals surface area contributed by atoms with Crippen molar-refractivity contribution in [3.8, 4) is 0 Å². The van der Waals surface area contributed by atoms with Gasteiger partial charge in [0.05, 0.1) is 0 Å². The molecule has 0 rings (SSSR count). The Kier molecular flexibility index (Phi) is 10.4. The van der Waals surface area contributed by atoms with Gasteiger partial charge in [-0.05, 0) is 38.6 Å². The highest BCUT2D eigenvalue weighted by molar-refractivity contribution is 5.69. The van der Waals surface area contributed by atoms with Gasteiger partial charge in [-0.1, -0.05) is 0 Å². The van der Waals surface area contributed by atoms with Crippen LogP contribution in [0, 0.1) is 0 Å². The van der Waals surface area contributed by atoms with Crippen LogP contribution < -0.4 is 5.73 Å². The lowest BCUT2D eigenvalue weighted by Crippen LogP contribution is -2.19. The van der Waals surface area contributed by atoms with Crippen molar-refractivity contribution in [3.63, 3.8) is 0 Å². The standard InChI is InChI=1S/C11H23NO4/c12-7-1-6-11(15)16-10(4-2-8-13)5-3-9-14/h10,13-14H,1-9,12H2. The molecule has 0 atom stereocenters. The summed E-state index contributed by atoms with van der Waals surface area (Å²) in [5, 5.41) is 17.4. The summed E-state index contributed by atoms with van der Waals surface area (Å²) in [6, 6.07) is 0. The maximum Gasteiger partial charge on any atom is 0.306 e. The van der Waals surface area contributed by atoms with Crippen molar-refractivity contribution in [2.75, 3.05) is 19.8 Å². The van der Waals surface area contributed by atoms with Crippen LogP contribution in [-0.2, 0) is 9.53 Å². The van der Waals surface area contributed by atoms with Crippen LogP contribution in [0.2, 0.25) is 0 Å². The minimum absolute atomic E-state index is 0.0932. The zero-order valence-corrected chi connectivity index (χ0v) is 9.73. The maximum absolute atomic E-state index is 11.3. The molecule has 0 aromatic rings. The highest BCUT2D eigenvalue weighted by Crippen LogP contribution is 2.10. The Morgan fingerprint density at radius 2 is 1.69 bits per heavy atom. The van der Waals surface area contributed by atoms with Crippen molar-refractivity contribution in [2.45, 2.75) is 44.6 Å². The van der Waals surface area contributed by atoms with Crippen molar-refractivity contribution in [2.24, 2.45) is 5.73 Å². The largest absolute Gasteiger partial charge is 0.462 e. The first-order valence-corrected chi connectivity index (χ1v) is 5.85. The molecule has 0 fully saturated rings. The number of carbonyl (C=O) groups is 1. The summed E-state index contributed by atoms with van der Waals surface area (Å²) in [5.41, 5.74) is 5.29. The molecule has 0 amide bonds. The fraction of sp³-hybridized carbons (Fsp3) is 0.909. The monoisotopic (exact) mass is 233 g/mol. The predicted octanol–water partition coefficient (Wildman–Crippen LogP) is 0.182. The Hall–Kier alpha value is -0.650. The molecular weight excluding hydrogens is 210 g/mol. The lowest BCUT2D eigenvalue weighted by Gasteiger charge is -2.17. The van der Waals surface area contributed by atoms with Gasteiger partial charge in [0.1, 0.15) is 6.10 Å². The fourth-order valence-electron chi connectivity index (χ4n) is 1.39. The zero-order chi connectivity index (χ0) is 12.2. The number of esters is 1. The second-order valence-electron chi connectivity index (χ2n) is 3.74. The third-order valence-electron chi connectivity index (χ3n) is 2.25. The Morgan fingerprint density at radius 1 is 1.12 bits per heavy atom. The van der Waals surface area contributed by atoms with Crippen molar-refractivity contribution in [1.82, 2.24) is 0 Å². The van der Waals surface area contributed by atoms with E-state index in [0.29, 0.717) is 45.1 Å². The summed E-state index contributed by atoms with van der Waals surface area (Å²) in [6.07, 6.45) is 3.29. The van der Waals surface area contributed by atoms with Crippen molar-refractivity contribution in [1.29, 1.82) is 0 Å². The van der Waals surface area contributed by atoms with Crippen LogP contribution >= 0.6 is 0 Å². The number of hydrogen-bond acceptors (Lipinski definition) is 5. The van der Waals surface area contributed by atoms with Gasteiger partial charge >= 0.3 is 5.97 Å². The van der Waals surface area contributed by atoms with Crippen molar-refractivity contribution >= 4 is 5.97 Å². The van der Waals surface area contributed by atoms with Crippen LogP contribution in [0.3, 0.4) is 0 Å². The molecule has 5 nitrogen and oxygen atoms in total. The minimum atomic E-state index is -0.244. The van der Waals surface area contributed by atoms with Gasteiger partial charge in [-0.25, -0.2) is 0 Å². The lowest BCUT2D eigenvalue weighted by atomic mass is 10.1. The summed E-state index contributed by atoms with van der Waals surface area (Å²) in [6.45, 7) is 0.666. The van der Waals surface area contributed by atoms with Crippen LogP contribution in [0.15, 0.2) is 0 Å². The molecule has 0 saturated carbocycles. The minimum Gasteiger partial charge on any atom is -0.462 e. The normalized spacial score (nSPS) is 10.8. The Morgan fingerprint density at radius 3 is 2.12 bits per heavy atom. The van der Waals surface area contributed by atoms with Crippen LogP contribution in [-0.4, -0.2) is 42.0 Å². The second kappa shape index (κ2) is 10.9. The van der Waals surface area contributed by atoms with E-state index >= 15 is 0 Å². The van der Waals surface area contributed by atoms with E-state index in [1.807, 2.05) is 0 Å². The van der Waals surface area contributed by atoms with Gasteiger partial charge in [0.15, 0.2) is 0 Å². The highest BCUT2D eigenvalue weighted by atomic mass is 16.5. The molecule has 0 unspecified atom stereocenters. The number of aliphatic hydroxyl groups is 2. The van der Waals surface area contributed by atoms with Gasteiger partial charge in [-0.3, -0.25) is 4.79 Å². The van der Waals surface area contributed by atoms with Gasteiger partial charge < -0.3 is 20.7 Å². The molecule has 5 heteroatoms. The Balaban J connectivity index is 3.82. The third-order valence-corrected chi connectivity index (χ3v) is 2.25.